The minimum absolute atomic E-state index is 0.222. The number of amides is 1. The molecule has 1 aromatic carbocycles. The van der Waals surface area contributed by atoms with Crippen molar-refractivity contribution >= 4 is 27.5 Å². The zero-order valence-electron chi connectivity index (χ0n) is 12.5. The molecular weight excluding hydrogens is 314 g/mol. The van der Waals surface area contributed by atoms with Crippen LogP contribution in [0.1, 0.15) is 61.4 Å². The number of halogens is 1. The summed E-state index contributed by atoms with van der Waals surface area (Å²) in [6.07, 6.45) is 7.91. The quantitative estimate of drug-likeness (QED) is 0.528. The number of alkyl halides is 1. The third kappa shape index (κ3) is 3.63. The molecule has 110 valence electrons. The fraction of sp³-hybridized carbons (Fsp3) is 0.588. The first-order valence-electron chi connectivity index (χ1n) is 7.67. The summed E-state index contributed by atoms with van der Waals surface area (Å²) >= 11 is 3.81. The predicted molar refractivity (Wildman–Crippen MR) is 88.6 cm³/mol. The number of aryl methyl sites for hydroxylation is 1. The first kappa shape index (κ1) is 15.6. The van der Waals surface area contributed by atoms with Crippen molar-refractivity contribution in [2.75, 3.05) is 11.9 Å². The summed E-state index contributed by atoms with van der Waals surface area (Å²) in [7, 11) is 1.87. The van der Waals surface area contributed by atoms with Gasteiger partial charge in [-0.15, -0.1) is 0 Å². The number of fused-ring (bicyclic) bond motifs is 1. The summed E-state index contributed by atoms with van der Waals surface area (Å²) in [4.78, 5) is 13.9. The molecule has 1 atom stereocenters. The zero-order valence-corrected chi connectivity index (χ0v) is 14.1. The summed E-state index contributed by atoms with van der Waals surface area (Å²) < 4.78 is 0. The van der Waals surface area contributed by atoms with Crippen LogP contribution < -0.4 is 4.90 Å². The van der Waals surface area contributed by atoms with Crippen molar-refractivity contribution in [2.45, 2.75) is 56.7 Å². The lowest BCUT2D eigenvalue weighted by Gasteiger charge is -2.26. The third-order valence-electron chi connectivity index (χ3n) is 4.12. The summed E-state index contributed by atoms with van der Waals surface area (Å²) in [5, 5.41) is 0. The Morgan fingerprint density at radius 2 is 2.05 bits per heavy atom. The van der Waals surface area contributed by atoms with Gasteiger partial charge in [0.05, 0.1) is 0 Å². The Balaban J connectivity index is 2.02. The number of benzene rings is 1. The molecular formula is C17H24BrNO. The highest BCUT2D eigenvalue weighted by Gasteiger charge is 2.21. The van der Waals surface area contributed by atoms with Crippen molar-refractivity contribution in [3.05, 3.63) is 29.3 Å². The molecule has 0 saturated carbocycles. The molecule has 2 nitrogen and oxygen atoms in total. The van der Waals surface area contributed by atoms with Crippen LogP contribution in [0.5, 0.6) is 0 Å². The maximum atomic E-state index is 11.7. The molecule has 0 spiro atoms. The van der Waals surface area contributed by atoms with Crippen LogP contribution in [-0.4, -0.2) is 13.0 Å². The summed E-state index contributed by atoms with van der Waals surface area (Å²) in [5.74, 6) is 0.222. The van der Waals surface area contributed by atoms with E-state index in [1.165, 1.54) is 43.2 Å². The molecule has 0 bridgehead atoms. The Bertz CT molecular complexity index is 472. The molecule has 1 aromatic rings. The van der Waals surface area contributed by atoms with Gasteiger partial charge >= 0.3 is 0 Å². The van der Waals surface area contributed by atoms with Crippen molar-refractivity contribution in [1.29, 1.82) is 0 Å². The van der Waals surface area contributed by atoms with Gasteiger partial charge in [0.15, 0.2) is 0 Å². The van der Waals surface area contributed by atoms with Gasteiger partial charge in [0, 0.05) is 24.0 Å². The third-order valence-corrected chi connectivity index (χ3v) is 5.11. The average molecular weight is 338 g/mol. The number of carbonyl (C=O) groups excluding carboxylic acids is 1. The van der Waals surface area contributed by atoms with Gasteiger partial charge in [-0.25, -0.2) is 0 Å². The van der Waals surface area contributed by atoms with Gasteiger partial charge in [0.2, 0.25) is 5.91 Å². The van der Waals surface area contributed by atoms with Gasteiger partial charge in [-0.2, -0.15) is 0 Å². The average Bonchev–Trinajstić information content (AvgIpc) is 2.47. The lowest BCUT2D eigenvalue weighted by atomic mass is 9.97. The van der Waals surface area contributed by atoms with Crippen LogP contribution in [0.2, 0.25) is 0 Å². The van der Waals surface area contributed by atoms with Crippen molar-refractivity contribution < 1.29 is 4.79 Å². The minimum Gasteiger partial charge on any atom is -0.315 e. The van der Waals surface area contributed by atoms with E-state index in [0.29, 0.717) is 11.2 Å². The first-order chi connectivity index (χ1) is 9.63. The van der Waals surface area contributed by atoms with Crippen molar-refractivity contribution in [1.82, 2.24) is 0 Å². The summed E-state index contributed by atoms with van der Waals surface area (Å²) in [6, 6.07) is 6.53. The van der Waals surface area contributed by atoms with E-state index in [1.54, 1.807) is 4.90 Å². The van der Waals surface area contributed by atoms with Gasteiger partial charge in [0.25, 0.3) is 0 Å². The second-order valence-electron chi connectivity index (χ2n) is 5.66. The molecule has 0 saturated heterocycles. The number of rotatable bonds is 6. The van der Waals surface area contributed by atoms with Crippen LogP contribution in [0.25, 0.3) is 0 Å². The Kier molecular flexibility index (Phi) is 5.64. The van der Waals surface area contributed by atoms with E-state index in [4.69, 9.17) is 0 Å². The summed E-state index contributed by atoms with van der Waals surface area (Å²) in [6.45, 7) is 2.24. The van der Waals surface area contributed by atoms with E-state index >= 15 is 0 Å². The standard InChI is InChI=1S/C17H24BrNO/c1-3-4-5-6-7-15(18)13-8-10-16-14(12-13)9-11-17(20)19(16)2/h8,10,12,15H,3-7,9,11H2,1-2H3. The number of anilines is 1. The molecule has 0 aliphatic carbocycles. The molecule has 20 heavy (non-hydrogen) atoms. The van der Waals surface area contributed by atoms with Gasteiger partial charge in [-0.1, -0.05) is 60.7 Å². The molecule has 1 amide bonds. The number of hydrogen-bond donors (Lipinski definition) is 0. The van der Waals surface area contributed by atoms with Crippen molar-refractivity contribution in [3.8, 4) is 0 Å². The fourth-order valence-corrected chi connectivity index (χ4v) is 3.40. The van der Waals surface area contributed by atoms with Gasteiger partial charge in [-0.05, 0) is 30.0 Å². The lowest BCUT2D eigenvalue weighted by molar-refractivity contribution is -0.118. The molecule has 1 unspecified atom stereocenters. The predicted octanol–water partition coefficient (Wildman–Crippen LogP) is 5.00. The molecule has 1 aliphatic heterocycles. The molecule has 1 heterocycles. The van der Waals surface area contributed by atoms with E-state index < -0.39 is 0 Å². The minimum atomic E-state index is 0.222. The van der Waals surface area contributed by atoms with Crippen LogP contribution in [0.3, 0.4) is 0 Å². The molecule has 0 fully saturated rings. The highest BCUT2D eigenvalue weighted by Crippen LogP contribution is 2.34. The molecule has 3 heteroatoms. The normalized spacial score (nSPS) is 16.1. The number of hydrogen-bond acceptors (Lipinski definition) is 1. The van der Waals surface area contributed by atoms with Crippen molar-refractivity contribution in [3.63, 3.8) is 0 Å². The molecule has 1 aliphatic rings. The lowest BCUT2D eigenvalue weighted by Crippen LogP contribution is -2.31. The number of unbranched alkanes of at least 4 members (excludes halogenated alkanes) is 3. The monoisotopic (exact) mass is 337 g/mol. The Morgan fingerprint density at radius 1 is 1.25 bits per heavy atom. The molecule has 0 radical (unpaired) electrons. The summed E-state index contributed by atoms with van der Waals surface area (Å²) in [5.41, 5.74) is 3.74. The van der Waals surface area contributed by atoms with E-state index in [-0.39, 0.29) is 5.91 Å². The zero-order chi connectivity index (χ0) is 14.5. The smallest absolute Gasteiger partial charge is 0.227 e. The van der Waals surface area contributed by atoms with Crippen LogP contribution in [0.15, 0.2) is 18.2 Å². The number of nitrogens with zero attached hydrogens (tertiary/aromatic N) is 1. The first-order valence-corrected chi connectivity index (χ1v) is 8.58. The van der Waals surface area contributed by atoms with Crippen LogP contribution in [0, 0.1) is 0 Å². The van der Waals surface area contributed by atoms with Crippen LogP contribution in [0.4, 0.5) is 5.69 Å². The van der Waals surface area contributed by atoms with Crippen LogP contribution >= 0.6 is 15.9 Å². The Hall–Kier alpha value is -0.830. The van der Waals surface area contributed by atoms with E-state index in [1.807, 2.05) is 7.05 Å². The molecule has 0 N–H and O–H groups in total. The maximum absolute atomic E-state index is 11.7. The largest absolute Gasteiger partial charge is 0.315 e. The Labute approximate surface area is 130 Å². The second kappa shape index (κ2) is 7.26. The second-order valence-corrected chi connectivity index (χ2v) is 6.76. The highest BCUT2D eigenvalue weighted by atomic mass is 79.9. The van der Waals surface area contributed by atoms with E-state index in [9.17, 15) is 4.79 Å². The fourth-order valence-electron chi connectivity index (χ4n) is 2.79. The van der Waals surface area contributed by atoms with Gasteiger partial charge in [0.1, 0.15) is 0 Å². The van der Waals surface area contributed by atoms with Gasteiger partial charge < -0.3 is 4.90 Å². The molecule has 0 aromatic heterocycles. The van der Waals surface area contributed by atoms with E-state index in [0.717, 1.165) is 12.1 Å². The van der Waals surface area contributed by atoms with Crippen LogP contribution in [-0.2, 0) is 11.2 Å². The van der Waals surface area contributed by atoms with Crippen molar-refractivity contribution in [2.24, 2.45) is 0 Å². The number of carbonyl (C=O) groups is 1. The Morgan fingerprint density at radius 3 is 2.80 bits per heavy atom. The maximum Gasteiger partial charge on any atom is 0.227 e. The van der Waals surface area contributed by atoms with Gasteiger partial charge in [-0.3, -0.25) is 4.79 Å². The SMILES string of the molecule is CCCCCCC(Br)c1ccc2c(c1)CCC(=O)N2C. The van der Waals surface area contributed by atoms with E-state index in [2.05, 4.69) is 41.1 Å². The topological polar surface area (TPSA) is 20.3 Å². The highest BCUT2D eigenvalue weighted by molar-refractivity contribution is 9.09. The molecule has 2 rings (SSSR count).